The molecule has 1 aliphatic rings. The highest BCUT2D eigenvalue weighted by molar-refractivity contribution is 5.70. The normalized spacial score (nSPS) is 16.9. The Labute approximate surface area is 126 Å². The molecule has 0 saturated carbocycles. The molecule has 4 nitrogen and oxygen atoms in total. The van der Waals surface area contributed by atoms with Crippen LogP contribution in [0.4, 0.5) is 0 Å². The molecule has 4 heteroatoms. The van der Waals surface area contributed by atoms with Crippen molar-refractivity contribution in [2.24, 2.45) is 5.92 Å². The molecule has 0 atom stereocenters. The Hall–Kier alpha value is -1.55. The summed E-state index contributed by atoms with van der Waals surface area (Å²) < 4.78 is 5.47. The number of carboxylic acids is 1. The van der Waals surface area contributed by atoms with Crippen LogP contribution in [0.2, 0.25) is 0 Å². The molecule has 1 N–H and O–H groups in total. The van der Waals surface area contributed by atoms with Crippen LogP contribution in [0.15, 0.2) is 12.1 Å². The topological polar surface area (TPSA) is 49.8 Å². The first kappa shape index (κ1) is 15.8. The second-order valence-electron chi connectivity index (χ2n) is 5.95. The van der Waals surface area contributed by atoms with Crippen molar-refractivity contribution in [3.05, 3.63) is 28.8 Å². The molecule has 0 bridgehead atoms. The summed E-state index contributed by atoms with van der Waals surface area (Å²) in [6.45, 7) is 6.94. The first-order chi connectivity index (χ1) is 10.0. The van der Waals surface area contributed by atoms with Crippen molar-refractivity contribution in [1.82, 2.24) is 4.90 Å². The first-order valence-corrected chi connectivity index (χ1v) is 7.60. The van der Waals surface area contributed by atoms with E-state index in [2.05, 4.69) is 30.9 Å². The second kappa shape index (κ2) is 6.94. The van der Waals surface area contributed by atoms with Crippen molar-refractivity contribution in [1.29, 1.82) is 0 Å². The zero-order valence-electron chi connectivity index (χ0n) is 13.2. The number of nitrogens with zero attached hydrogens (tertiary/aromatic N) is 1. The lowest BCUT2D eigenvalue weighted by molar-refractivity contribution is -0.143. The Kier molecular flexibility index (Phi) is 5.23. The van der Waals surface area contributed by atoms with E-state index in [1.165, 1.54) is 16.7 Å². The maximum Gasteiger partial charge on any atom is 0.306 e. The molecule has 1 saturated heterocycles. The summed E-state index contributed by atoms with van der Waals surface area (Å²) in [5.74, 6) is 0.154. The fraction of sp³-hybridized carbons (Fsp3) is 0.588. The highest BCUT2D eigenvalue weighted by Crippen LogP contribution is 2.24. The first-order valence-electron chi connectivity index (χ1n) is 7.60. The van der Waals surface area contributed by atoms with E-state index < -0.39 is 5.97 Å². The fourth-order valence-electron chi connectivity index (χ4n) is 2.92. The molecule has 21 heavy (non-hydrogen) atoms. The van der Waals surface area contributed by atoms with Crippen LogP contribution in [0.25, 0.3) is 0 Å². The molecule has 1 aromatic rings. The Balaban J connectivity index is 1.92. The summed E-state index contributed by atoms with van der Waals surface area (Å²) in [5, 5.41) is 9.02. The van der Waals surface area contributed by atoms with Gasteiger partial charge in [-0.2, -0.15) is 0 Å². The molecule has 116 valence electrons. The number of carbonyl (C=O) groups is 1. The number of ether oxygens (including phenoxy) is 1. The third-order valence-electron chi connectivity index (χ3n) is 4.53. The van der Waals surface area contributed by atoms with Gasteiger partial charge in [-0.15, -0.1) is 0 Å². The monoisotopic (exact) mass is 291 g/mol. The van der Waals surface area contributed by atoms with Crippen LogP contribution in [-0.2, 0) is 11.2 Å². The van der Waals surface area contributed by atoms with Crippen molar-refractivity contribution in [2.45, 2.75) is 33.1 Å². The number of benzene rings is 1. The average molecular weight is 291 g/mol. The maximum atomic E-state index is 11.0. The van der Waals surface area contributed by atoms with Crippen molar-refractivity contribution in [3.63, 3.8) is 0 Å². The summed E-state index contributed by atoms with van der Waals surface area (Å²) in [5.41, 5.74) is 3.77. The van der Waals surface area contributed by atoms with E-state index in [1.54, 1.807) is 7.11 Å². The van der Waals surface area contributed by atoms with Gasteiger partial charge >= 0.3 is 5.97 Å². The van der Waals surface area contributed by atoms with Crippen molar-refractivity contribution < 1.29 is 14.6 Å². The van der Waals surface area contributed by atoms with Crippen molar-refractivity contribution >= 4 is 5.97 Å². The van der Waals surface area contributed by atoms with E-state index in [0.29, 0.717) is 0 Å². The van der Waals surface area contributed by atoms with E-state index in [0.717, 1.165) is 44.6 Å². The smallest absolute Gasteiger partial charge is 0.306 e. The van der Waals surface area contributed by atoms with E-state index in [9.17, 15) is 4.79 Å². The van der Waals surface area contributed by atoms with Crippen LogP contribution in [0.1, 0.15) is 29.5 Å². The molecule has 0 radical (unpaired) electrons. The Morgan fingerprint density at radius 2 is 1.90 bits per heavy atom. The van der Waals surface area contributed by atoms with Crippen LogP contribution >= 0.6 is 0 Å². The molecule has 0 aliphatic carbocycles. The number of hydrogen-bond acceptors (Lipinski definition) is 3. The van der Waals surface area contributed by atoms with Gasteiger partial charge in [-0.05, 0) is 69.0 Å². The molecule has 2 rings (SSSR count). The Bertz CT molecular complexity index is 505. The molecule has 1 aliphatic heterocycles. The average Bonchev–Trinajstić information content (AvgIpc) is 2.48. The summed E-state index contributed by atoms with van der Waals surface area (Å²) in [7, 11) is 1.71. The molecule has 0 aromatic heterocycles. The van der Waals surface area contributed by atoms with Gasteiger partial charge in [0, 0.05) is 6.54 Å². The quantitative estimate of drug-likeness (QED) is 0.906. The SMILES string of the molecule is COc1cc(C)c(C)cc1CCN1CCC(C(=O)O)CC1. The molecular weight excluding hydrogens is 266 g/mol. The maximum absolute atomic E-state index is 11.0. The molecule has 1 fully saturated rings. The molecule has 1 heterocycles. The predicted molar refractivity (Wildman–Crippen MR) is 83.0 cm³/mol. The van der Waals surface area contributed by atoms with Gasteiger partial charge in [0.2, 0.25) is 0 Å². The minimum absolute atomic E-state index is 0.155. The van der Waals surface area contributed by atoms with Gasteiger partial charge in [-0.1, -0.05) is 6.07 Å². The highest BCUT2D eigenvalue weighted by atomic mass is 16.5. The number of rotatable bonds is 5. The summed E-state index contributed by atoms with van der Waals surface area (Å²) in [4.78, 5) is 13.3. The van der Waals surface area contributed by atoms with Gasteiger partial charge in [0.25, 0.3) is 0 Å². The molecule has 1 aromatic carbocycles. The highest BCUT2D eigenvalue weighted by Gasteiger charge is 2.24. The van der Waals surface area contributed by atoms with Crippen LogP contribution in [-0.4, -0.2) is 42.7 Å². The van der Waals surface area contributed by atoms with Gasteiger partial charge in [0.05, 0.1) is 13.0 Å². The number of likely N-dealkylation sites (tertiary alicyclic amines) is 1. The summed E-state index contributed by atoms with van der Waals surface area (Å²) >= 11 is 0. The predicted octanol–water partition coefficient (Wildman–Crippen LogP) is 2.65. The standard InChI is InChI=1S/C17H25NO3/c1-12-10-15(16(21-3)11-13(12)2)6-9-18-7-4-14(5-8-18)17(19)20/h10-11,14H,4-9H2,1-3H3,(H,19,20). The lowest BCUT2D eigenvalue weighted by Crippen LogP contribution is -2.37. The molecule has 0 amide bonds. The van der Waals surface area contributed by atoms with Crippen LogP contribution in [0, 0.1) is 19.8 Å². The zero-order chi connectivity index (χ0) is 15.4. The van der Waals surface area contributed by atoms with Gasteiger partial charge in [0.1, 0.15) is 5.75 Å². The van der Waals surface area contributed by atoms with E-state index >= 15 is 0 Å². The zero-order valence-corrected chi connectivity index (χ0v) is 13.2. The van der Waals surface area contributed by atoms with Crippen LogP contribution in [0.3, 0.4) is 0 Å². The number of aliphatic carboxylic acids is 1. The van der Waals surface area contributed by atoms with Gasteiger partial charge in [-0.3, -0.25) is 4.79 Å². The van der Waals surface area contributed by atoms with E-state index in [-0.39, 0.29) is 5.92 Å². The third-order valence-corrected chi connectivity index (χ3v) is 4.53. The van der Waals surface area contributed by atoms with Crippen molar-refractivity contribution in [3.8, 4) is 5.75 Å². The van der Waals surface area contributed by atoms with Gasteiger partial charge in [-0.25, -0.2) is 0 Å². The minimum Gasteiger partial charge on any atom is -0.496 e. The Morgan fingerprint density at radius 3 is 2.48 bits per heavy atom. The fourth-order valence-corrected chi connectivity index (χ4v) is 2.92. The van der Waals surface area contributed by atoms with Crippen LogP contribution in [0.5, 0.6) is 5.75 Å². The van der Waals surface area contributed by atoms with Crippen molar-refractivity contribution in [2.75, 3.05) is 26.7 Å². The van der Waals surface area contributed by atoms with E-state index in [1.807, 2.05) is 0 Å². The Morgan fingerprint density at radius 1 is 1.29 bits per heavy atom. The van der Waals surface area contributed by atoms with Gasteiger partial charge < -0.3 is 14.7 Å². The number of methoxy groups -OCH3 is 1. The van der Waals surface area contributed by atoms with Crippen LogP contribution < -0.4 is 4.74 Å². The lowest BCUT2D eigenvalue weighted by Gasteiger charge is -2.30. The number of carboxylic acid groups (broad SMARTS) is 1. The molecule has 0 spiro atoms. The van der Waals surface area contributed by atoms with Gasteiger partial charge in [0.15, 0.2) is 0 Å². The second-order valence-corrected chi connectivity index (χ2v) is 5.95. The number of piperidine rings is 1. The number of aryl methyl sites for hydroxylation is 2. The summed E-state index contributed by atoms with van der Waals surface area (Å²) in [6, 6.07) is 4.31. The third kappa shape index (κ3) is 3.97. The number of hydrogen-bond donors (Lipinski definition) is 1. The summed E-state index contributed by atoms with van der Waals surface area (Å²) in [6.07, 6.45) is 2.47. The minimum atomic E-state index is -0.648. The van der Waals surface area contributed by atoms with E-state index in [4.69, 9.17) is 9.84 Å². The molecular formula is C17H25NO3. The lowest BCUT2D eigenvalue weighted by atomic mass is 9.96. The largest absolute Gasteiger partial charge is 0.496 e. The molecule has 0 unspecified atom stereocenters.